The number of H-pyrrole nitrogens is 1. The third-order valence-corrected chi connectivity index (χ3v) is 3.94. The molecule has 0 radical (unpaired) electrons. The highest BCUT2D eigenvalue weighted by Gasteiger charge is 2.59. The Morgan fingerprint density at radius 2 is 2.29 bits per heavy atom. The molecule has 1 fully saturated rings. The largest absolute Gasteiger partial charge is 0.394 e. The van der Waals surface area contributed by atoms with E-state index in [1.807, 2.05) is 0 Å². The first-order chi connectivity index (χ1) is 11.4. The van der Waals surface area contributed by atoms with Gasteiger partial charge in [-0.1, -0.05) is 6.58 Å². The molecule has 3 rings (SSSR count). The molecule has 2 aromatic heterocycles. The van der Waals surface area contributed by atoms with Gasteiger partial charge in [-0.05, 0) is 6.08 Å². The van der Waals surface area contributed by atoms with E-state index < -0.39 is 42.0 Å². The number of ether oxygens (including phenoxy) is 1. The number of hydrogen-bond donors (Lipinski definition) is 5. The van der Waals surface area contributed by atoms with E-state index in [1.54, 1.807) is 0 Å². The number of aliphatic hydroxyl groups is 3. The molecule has 6 N–H and O–H groups in total. The van der Waals surface area contributed by atoms with Gasteiger partial charge in [0, 0.05) is 0 Å². The Labute approximate surface area is 134 Å². The summed E-state index contributed by atoms with van der Waals surface area (Å²) in [6.07, 6.45) is -2.61. The van der Waals surface area contributed by atoms with E-state index in [0.717, 1.165) is 17.0 Å². The van der Waals surface area contributed by atoms with Crippen molar-refractivity contribution in [1.29, 1.82) is 0 Å². The summed E-state index contributed by atoms with van der Waals surface area (Å²) in [5.74, 6) is -1.05. The number of nitrogen functional groups attached to an aromatic ring is 1. The second kappa shape index (κ2) is 5.49. The number of aromatic amines is 1. The van der Waals surface area contributed by atoms with E-state index in [4.69, 9.17) is 10.5 Å². The highest BCUT2D eigenvalue weighted by molar-refractivity contribution is 5.96. The van der Waals surface area contributed by atoms with Gasteiger partial charge in [0.1, 0.15) is 24.6 Å². The van der Waals surface area contributed by atoms with E-state index in [0.29, 0.717) is 0 Å². The minimum absolute atomic E-state index is 0.128. The van der Waals surface area contributed by atoms with Gasteiger partial charge in [-0.2, -0.15) is 4.98 Å². The van der Waals surface area contributed by atoms with E-state index in [9.17, 15) is 24.9 Å². The highest BCUT2D eigenvalue weighted by atomic mass is 16.6. The standard InChI is InChI=1S/C13H15N5O6/c1-2-6(20)13(9(22)8(21)5(3-19)24-13)18-4-15-7-10(18)16-12(14)17-11(7)23/h2,4-5,8-9,19,21-22H,1,3H2,(H3,14,16,17,23)/t5-,8-,9-,13-/m1/s1. The Morgan fingerprint density at radius 3 is 2.88 bits per heavy atom. The lowest BCUT2D eigenvalue weighted by Gasteiger charge is -2.30. The zero-order chi connectivity index (χ0) is 17.6. The summed E-state index contributed by atoms with van der Waals surface area (Å²) in [7, 11) is 0. The molecule has 0 aliphatic carbocycles. The summed E-state index contributed by atoms with van der Waals surface area (Å²) in [4.78, 5) is 34.4. The zero-order valence-electron chi connectivity index (χ0n) is 12.3. The van der Waals surface area contributed by atoms with E-state index in [-0.39, 0.29) is 17.1 Å². The number of carbonyl (C=O) groups excluding carboxylic acids is 1. The van der Waals surface area contributed by atoms with Crippen LogP contribution in [-0.4, -0.2) is 65.5 Å². The summed E-state index contributed by atoms with van der Waals surface area (Å²) >= 11 is 0. The average Bonchev–Trinajstić information content (AvgIpc) is 3.08. The normalized spacial score (nSPS) is 29.9. The van der Waals surface area contributed by atoms with Gasteiger partial charge in [-0.15, -0.1) is 0 Å². The van der Waals surface area contributed by atoms with Gasteiger partial charge >= 0.3 is 0 Å². The zero-order valence-corrected chi connectivity index (χ0v) is 12.3. The van der Waals surface area contributed by atoms with E-state index in [2.05, 4.69) is 21.5 Å². The molecule has 4 atom stereocenters. The summed E-state index contributed by atoms with van der Waals surface area (Å²) in [6, 6.07) is 0. The molecule has 11 heteroatoms. The minimum atomic E-state index is -2.18. The van der Waals surface area contributed by atoms with Crippen LogP contribution in [0.2, 0.25) is 0 Å². The number of nitrogens with one attached hydrogen (secondary N) is 1. The van der Waals surface area contributed by atoms with Gasteiger partial charge in [0.05, 0.1) is 6.61 Å². The number of ketones is 1. The number of rotatable bonds is 4. The van der Waals surface area contributed by atoms with Crippen molar-refractivity contribution in [3.63, 3.8) is 0 Å². The van der Waals surface area contributed by atoms with Crippen molar-refractivity contribution in [3.05, 3.63) is 29.3 Å². The van der Waals surface area contributed by atoms with Crippen molar-refractivity contribution < 1.29 is 24.9 Å². The molecule has 128 valence electrons. The van der Waals surface area contributed by atoms with Crippen LogP contribution in [0.1, 0.15) is 0 Å². The average molecular weight is 337 g/mol. The van der Waals surface area contributed by atoms with Crippen LogP contribution in [0.4, 0.5) is 5.95 Å². The van der Waals surface area contributed by atoms with Gasteiger partial charge in [-0.3, -0.25) is 19.1 Å². The molecule has 0 spiro atoms. The van der Waals surface area contributed by atoms with Gasteiger partial charge < -0.3 is 25.8 Å². The van der Waals surface area contributed by atoms with Gasteiger partial charge in [0.25, 0.3) is 5.56 Å². The Balaban J connectivity index is 2.32. The van der Waals surface area contributed by atoms with Crippen LogP contribution in [0.25, 0.3) is 11.2 Å². The maximum Gasteiger partial charge on any atom is 0.280 e. The first-order valence-electron chi connectivity index (χ1n) is 6.91. The molecule has 0 aromatic carbocycles. The number of fused-ring (bicyclic) bond motifs is 1. The van der Waals surface area contributed by atoms with Gasteiger partial charge in [0.2, 0.25) is 17.5 Å². The van der Waals surface area contributed by atoms with E-state index in [1.165, 1.54) is 0 Å². The molecular weight excluding hydrogens is 322 g/mol. The number of anilines is 1. The molecule has 2 aromatic rings. The number of aromatic nitrogens is 4. The van der Waals surface area contributed by atoms with Crippen molar-refractivity contribution in [2.75, 3.05) is 12.3 Å². The number of hydrogen-bond acceptors (Lipinski definition) is 9. The third kappa shape index (κ3) is 1.99. The number of nitrogens with two attached hydrogens (primary N) is 1. The lowest BCUT2D eigenvalue weighted by atomic mass is 9.98. The highest BCUT2D eigenvalue weighted by Crippen LogP contribution is 2.38. The SMILES string of the molecule is C=CC(=O)[C@@]1(n2cnc3c(=O)[nH]c(N)nc32)O[C@H](CO)[C@@H](O)[C@H]1O. The van der Waals surface area contributed by atoms with Crippen molar-refractivity contribution in [3.8, 4) is 0 Å². The predicted octanol–water partition coefficient (Wildman–Crippen LogP) is -2.78. The number of imidazole rings is 1. The molecular formula is C13H15N5O6. The minimum Gasteiger partial charge on any atom is -0.394 e. The van der Waals surface area contributed by atoms with Crippen LogP contribution in [-0.2, 0) is 15.3 Å². The van der Waals surface area contributed by atoms with Crippen molar-refractivity contribution in [2.45, 2.75) is 24.0 Å². The maximum absolute atomic E-state index is 12.5. The van der Waals surface area contributed by atoms with Crippen LogP contribution in [0, 0.1) is 0 Å². The van der Waals surface area contributed by atoms with Crippen molar-refractivity contribution in [1.82, 2.24) is 19.5 Å². The fourth-order valence-corrected chi connectivity index (χ4v) is 2.79. The third-order valence-electron chi connectivity index (χ3n) is 3.94. The van der Waals surface area contributed by atoms with Crippen molar-refractivity contribution >= 4 is 22.9 Å². The first-order valence-corrected chi connectivity index (χ1v) is 6.91. The molecule has 1 aliphatic heterocycles. The summed E-state index contributed by atoms with van der Waals surface area (Å²) in [6.45, 7) is 2.71. The smallest absolute Gasteiger partial charge is 0.280 e. The molecule has 0 bridgehead atoms. The summed E-state index contributed by atoms with van der Waals surface area (Å²) in [5.41, 5.74) is 2.41. The Hall–Kier alpha value is -2.60. The fraction of sp³-hybridized carbons (Fsp3) is 0.385. The van der Waals surface area contributed by atoms with Crippen molar-refractivity contribution in [2.24, 2.45) is 0 Å². The monoisotopic (exact) mass is 337 g/mol. The molecule has 11 nitrogen and oxygen atoms in total. The number of carbonyl (C=O) groups is 1. The summed E-state index contributed by atoms with van der Waals surface area (Å²) in [5, 5.41) is 29.8. The first kappa shape index (κ1) is 16.3. The Morgan fingerprint density at radius 1 is 1.58 bits per heavy atom. The van der Waals surface area contributed by atoms with Gasteiger partial charge in [-0.25, -0.2) is 4.98 Å². The van der Waals surface area contributed by atoms with E-state index >= 15 is 0 Å². The fourth-order valence-electron chi connectivity index (χ4n) is 2.79. The second-order valence-electron chi connectivity index (χ2n) is 5.28. The maximum atomic E-state index is 12.5. The van der Waals surface area contributed by atoms with Crippen LogP contribution in [0.5, 0.6) is 0 Å². The molecule has 3 heterocycles. The van der Waals surface area contributed by atoms with Gasteiger partial charge in [0.15, 0.2) is 11.2 Å². The lowest BCUT2D eigenvalue weighted by molar-refractivity contribution is -0.168. The molecule has 1 aliphatic rings. The summed E-state index contributed by atoms with van der Waals surface area (Å²) < 4.78 is 6.47. The molecule has 1 saturated heterocycles. The Kier molecular flexibility index (Phi) is 3.72. The molecule has 24 heavy (non-hydrogen) atoms. The topological polar surface area (TPSA) is 177 Å². The number of aliphatic hydroxyl groups excluding tert-OH is 3. The van der Waals surface area contributed by atoms with Crippen LogP contribution in [0.3, 0.4) is 0 Å². The second-order valence-corrected chi connectivity index (χ2v) is 5.28. The molecule has 0 saturated carbocycles. The quantitative estimate of drug-likeness (QED) is 0.369. The predicted molar refractivity (Wildman–Crippen MR) is 79.7 cm³/mol. The molecule has 0 amide bonds. The Bertz CT molecular complexity index is 875. The van der Waals surface area contributed by atoms with Crippen LogP contribution in [0.15, 0.2) is 23.8 Å². The van der Waals surface area contributed by atoms with Crippen LogP contribution < -0.4 is 11.3 Å². The number of nitrogens with zero attached hydrogens (tertiary/aromatic N) is 3. The molecule has 0 unspecified atom stereocenters. The van der Waals surface area contributed by atoms with Crippen LogP contribution >= 0.6 is 0 Å². The lowest BCUT2D eigenvalue weighted by Crippen LogP contribution is -2.51.